The number of aliphatic imine (C=N–C) groups is 1. The van der Waals surface area contributed by atoms with Crippen molar-refractivity contribution in [3.63, 3.8) is 0 Å². The fourth-order valence-corrected chi connectivity index (χ4v) is 0.166. The molecule has 0 aromatic heterocycles. The highest BCUT2D eigenvalue weighted by Gasteiger charge is 1.71. The largest absolute Gasteiger partial charge is 0.330 e. The lowest BCUT2D eigenvalue weighted by Crippen LogP contribution is -2.13. The molecule has 0 bridgehead atoms. The lowest BCUT2D eigenvalue weighted by atomic mass is 10.6. The summed E-state index contributed by atoms with van der Waals surface area (Å²) >= 11 is 0. The fourth-order valence-electron chi connectivity index (χ4n) is 0.166. The average Bonchev–Trinajstić information content (AvgIpc) is 1.68. The maximum atomic E-state index is 4.89. The van der Waals surface area contributed by atoms with Gasteiger partial charge in [-0.15, -0.1) is 0 Å². The van der Waals surface area contributed by atoms with Gasteiger partial charge in [0.15, 0.2) is 0 Å². The van der Waals surface area contributed by atoms with Crippen LogP contribution in [0.4, 0.5) is 0 Å². The third kappa shape index (κ3) is 2.99. The van der Waals surface area contributed by atoms with Gasteiger partial charge in [0.25, 0.3) is 0 Å². The summed E-state index contributed by atoms with van der Waals surface area (Å²) in [4.78, 5) is 3.55. The van der Waals surface area contributed by atoms with E-state index in [2.05, 4.69) is 17.1 Å². The Balaban J connectivity index is 3.49. The first-order valence-electron chi connectivity index (χ1n) is 1.91. The van der Waals surface area contributed by atoms with Crippen LogP contribution < -0.4 is 11.3 Å². The summed E-state index contributed by atoms with van der Waals surface area (Å²) < 4.78 is 0. The molecule has 0 aliphatic rings. The second-order valence-corrected chi connectivity index (χ2v) is 1.11. The number of nitrogens with zero attached hydrogens (tertiary/aromatic N) is 1. The molecule has 0 aromatic rings. The van der Waals surface area contributed by atoms with Gasteiger partial charge in [0, 0.05) is 6.20 Å². The lowest BCUT2D eigenvalue weighted by molar-refractivity contribution is 0.947. The third-order valence-electron chi connectivity index (χ3n) is 0.542. The van der Waals surface area contributed by atoms with E-state index in [-0.39, 0.29) is 0 Å². The van der Waals surface area contributed by atoms with Crippen LogP contribution >= 0.6 is 0 Å². The van der Waals surface area contributed by atoms with Crippen molar-refractivity contribution in [2.24, 2.45) is 10.8 Å². The van der Waals surface area contributed by atoms with Crippen LogP contribution in [0.3, 0.4) is 0 Å². The summed E-state index contributed by atoms with van der Waals surface area (Å²) in [6.45, 7) is 5.06. The normalized spacial score (nSPS) is 10.9. The second kappa shape index (κ2) is 3.36. The van der Waals surface area contributed by atoms with Crippen LogP contribution in [0, 0.1) is 0 Å². The number of rotatable bonds is 2. The summed E-state index contributed by atoms with van der Waals surface area (Å²) in [6.07, 6.45) is 1.56. The Hall–Kier alpha value is -0.830. The van der Waals surface area contributed by atoms with Gasteiger partial charge in [-0.25, -0.2) is 0 Å². The van der Waals surface area contributed by atoms with Crippen molar-refractivity contribution >= 4 is 6.72 Å². The standard InChI is InChI=1S/C4H9N3/c1-4(6-2)3-7-5/h3,7H,2,5H2,1H3/b4-3-. The average molecular weight is 99.1 g/mol. The number of hydrogen-bond acceptors (Lipinski definition) is 3. The van der Waals surface area contributed by atoms with E-state index in [0.717, 1.165) is 5.70 Å². The van der Waals surface area contributed by atoms with E-state index in [4.69, 9.17) is 5.84 Å². The van der Waals surface area contributed by atoms with Crippen LogP contribution in [-0.4, -0.2) is 6.72 Å². The van der Waals surface area contributed by atoms with Gasteiger partial charge >= 0.3 is 0 Å². The molecule has 0 saturated carbocycles. The summed E-state index contributed by atoms with van der Waals surface area (Å²) in [5, 5.41) is 0. The van der Waals surface area contributed by atoms with Gasteiger partial charge in [0.1, 0.15) is 0 Å². The summed E-state index contributed by atoms with van der Waals surface area (Å²) in [7, 11) is 0. The van der Waals surface area contributed by atoms with Crippen LogP contribution in [0.2, 0.25) is 0 Å². The molecule has 0 fully saturated rings. The maximum absolute atomic E-state index is 4.89. The number of nitrogens with one attached hydrogen (secondary N) is 1. The van der Waals surface area contributed by atoms with E-state index >= 15 is 0 Å². The molecule has 7 heavy (non-hydrogen) atoms. The Morgan fingerprint density at radius 2 is 2.57 bits per heavy atom. The zero-order chi connectivity index (χ0) is 5.70. The molecule has 0 radical (unpaired) electrons. The molecule has 3 heteroatoms. The summed E-state index contributed by atoms with van der Waals surface area (Å²) in [5.74, 6) is 4.89. The topological polar surface area (TPSA) is 50.4 Å². The molecular formula is C4H9N3. The van der Waals surface area contributed by atoms with E-state index < -0.39 is 0 Å². The van der Waals surface area contributed by atoms with Crippen molar-refractivity contribution < 1.29 is 0 Å². The van der Waals surface area contributed by atoms with Gasteiger partial charge in [0.2, 0.25) is 0 Å². The van der Waals surface area contributed by atoms with Gasteiger partial charge in [0.05, 0.1) is 5.70 Å². The molecule has 0 amide bonds. The monoisotopic (exact) mass is 99.1 g/mol. The zero-order valence-electron chi connectivity index (χ0n) is 4.31. The van der Waals surface area contributed by atoms with E-state index in [9.17, 15) is 0 Å². The van der Waals surface area contributed by atoms with Crippen LogP contribution in [0.15, 0.2) is 16.9 Å². The van der Waals surface area contributed by atoms with Crippen LogP contribution in [-0.2, 0) is 0 Å². The minimum absolute atomic E-state index is 0.780. The van der Waals surface area contributed by atoms with E-state index in [1.165, 1.54) is 0 Å². The van der Waals surface area contributed by atoms with Crippen molar-refractivity contribution in [3.8, 4) is 0 Å². The summed E-state index contributed by atoms with van der Waals surface area (Å²) in [6, 6.07) is 0. The van der Waals surface area contributed by atoms with Gasteiger partial charge in [-0.2, -0.15) is 0 Å². The van der Waals surface area contributed by atoms with Crippen molar-refractivity contribution in [1.29, 1.82) is 0 Å². The van der Waals surface area contributed by atoms with Gasteiger partial charge in [-0.05, 0) is 13.6 Å². The quantitative estimate of drug-likeness (QED) is 0.291. The van der Waals surface area contributed by atoms with Crippen LogP contribution in [0.25, 0.3) is 0 Å². The smallest absolute Gasteiger partial charge is 0.0535 e. The van der Waals surface area contributed by atoms with Gasteiger partial charge in [-0.3, -0.25) is 10.8 Å². The first-order chi connectivity index (χ1) is 3.31. The Labute approximate surface area is 42.9 Å². The Morgan fingerprint density at radius 1 is 2.00 bits per heavy atom. The van der Waals surface area contributed by atoms with Gasteiger partial charge < -0.3 is 5.43 Å². The van der Waals surface area contributed by atoms with Crippen LogP contribution in [0.5, 0.6) is 0 Å². The predicted molar refractivity (Wildman–Crippen MR) is 30.6 cm³/mol. The predicted octanol–water partition coefficient (Wildman–Crippen LogP) is 0.0116. The first-order valence-corrected chi connectivity index (χ1v) is 1.91. The summed E-state index contributed by atoms with van der Waals surface area (Å²) in [5.41, 5.74) is 3.10. The SMILES string of the molecule is C=N/C(C)=C\NN. The molecule has 0 saturated heterocycles. The molecule has 3 N–H and O–H groups in total. The molecule has 0 aliphatic heterocycles. The fraction of sp³-hybridized carbons (Fsp3) is 0.250. The number of allylic oxidation sites excluding steroid dienone is 1. The second-order valence-electron chi connectivity index (χ2n) is 1.11. The molecule has 0 rings (SSSR count). The van der Waals surface area contributed by atoms with Crippen molar-refractivity contribution in [2.45, 2.75) is 6.92 Å². The molecule has 0 aromatic carbocycles. The number of nitrogens with two attached hydrogens (primary N) is 1. The van der Waals surface area contributed by atoms with E-state index in [1.807, 2.05) is 0 Å². The van der Waals surface area contributed by atoms with E-state index in [0.29, 0.717) is 0 Å². The number of hydrazine groups is 1. The Bertz CT molecular complexity index is 84.9. The van der Waals surface area contributed by atoms with Crippen molar-refractivity contribution in [3.05, 3.63) is 11.9 Å². The Kier molecular flexibility index (Phi) is 2.96. The number of hydrogen-bond donors (Lipinski definition) is 2. The molecule has 0 heterocycles. The Morgan fingerprint density at radius 3 is 2.71 bits per heavy atom. The maximum Gasteiger partial charge on any atom is 0.0535 e. The minimum Gasteiger partial charge on any atom is -0.330 e. The molecular weight excluding hydrogens is 90.1 g/mol. The highest BCUT2D eigenvalue weighted by Crippen LogP contribution is 1.85. The zero-order valence-corrected chi connectivity index (χ0v) is 4.31. The highest BCUT2D eigenvalue weighted by molar-refractivity contribution is 5.27. The molecule has 40 valence electrons. The minimum atomic E-state index is 0.780. The molecule has 0 atom stereocenters. The lowest BCUT2D eigenvalue weighted by Gasteiger charge is -1.86. The third-order valence-corrected chi connectivity index (χ3v) is 0.542. The van der Waals surface area contributed by atoms with E-state index in [1.54, 1.807) is 13.1 Å². The highest BCUT2D eigenvalue weighted by atomic mass is 15.2. The molecule has 0 spiro atoms. The molecule has 3 nitrogen and oxygen atoms in total. The van der Waals surface area contributed by atoms with Gasteiger partial charge in [-0.1, -0.05) is 0 Å². The van der Waals surface area contributed by atoms with Crippen molar-refractivity contribution in [2.75, 3.05) is 0 Å². The molecule has 0 unspecified atom stereocenters. The molecule has 0 aliphatic carbocycles. The first kappa shape index (κ1) is 6.17. The van der Waals surface area contributed by atoms with Crippen molar-refractivity contribution in [1.82, 2.24) is 5.43 Å². The van der Waals surface area contributed by atoms with Crippen LogP contribution in [0.1, 0.15) is 6.92 Å².